The molecule has 2 amide bonds. The van der Waals surface area contributed by atoms with Gasteiger partial charge in [-0.15, -0.1) is 0 Å². The Hall–Kier alpha value is -3.29. The Morgan fingerprint density at radius 1 is 0.935 bits per heavy atom. The molecule has 8 nitrogen and oxygen atoms in total. The average molecular weight is 428 g/mol. The predicted molar refractivity (Wildman–Crippen MR) is 115 cm³/mol. The van der Waals surface area contributed by atoms with Crippen LogP contribution in [0.4, 0.5) is 4.79 Å². The predicted octanol–water partition coefficient (Wildman–Crippen LogP) is 2.61. The molecule has 0 saturated carbocycles. The molecule has 2 heterocycles. The van der Waals surface area contributed by atoms with Gasteiger partial charge < -0.3 is 23.8 Å². The van der Waals surface area contributed by atoms with Gasteiger partial charge in [-0.05, 0) is 32.4 Å². The first-order valence-electron chi connectivity index (χ1n) is 10.5. The molecule has 166 valence electrons. The Kier molecular flexibility index (Phi) is 7.33. The molecule has 31 heavy (non-hydrogen) atoms. The van der Waals surface area contributed by atoms with Crippen molar-refractivity contribution in [1.29, 1.82) is 0 Å². The third-order valence-electron chi connectivity index (χ3n) is 5.46. The van der Waals surface area contributed by atoms with E-state index in [4.69, 9.17) is 9.47 Å². The van der Waals surface area contributed by atoms with Crippen molar-refractivity contribution in [2.75, 3.05) is 39.4 Å². The van der Waals surface area contributed by atoms with Crippen molar-refractivity contribution < 1.29 is 23.9 Å². The second-order valence-corrected chi connectivity index (χ2v) is 7.50. The minimum atomic E-state index is -0.508. The molecule has 0 bridgehead atoms. The van der Waals surface area contributed by atoms with E-state index in [2.05, 4.69) is 4.57 Å². The monoisotopic (exact) mass is 427 g/mol. The number of esters is 1. The van der Waals surface area contributed by atoms with Crippen LogP contribution in [-0.4, -0.2) is 71.7 Å². The maximum Gasteiger partial charge on any atom is 0.409 e. The summed E-state index contributed by atoms with van der Waals surface area (Å²) < 4.78 is 12.3. The largest absolute Gasteiger partial charge is 0.452 e. The topological polar surface area (TPSA) is 81.1 Å². The van der Waals surface area contributed by atoms with E-state index < -0.39 is 5.97 Å². The lowest BCUT2D eigenvalue weighted by Crippen LogP contribution is -2.51. The Labute approximate surface area is 182 Å². The SMILES string of the molecule is CCOC(=O)N1CCN(C(=O)COC(=O)c2cc(C)n(Cc3ccccc3)c2C)CC1. The van der Waals surface area contributed by atoms with Gasteiger partial charge in [-0.1, -0.05) is 30.3 Å². The van der Waals surface area contributed by atoms with Gasteiger partial charge in [0, 0.05) is 44.1 Å². The number of rotatable bonds is 6. The zero-order chi connectivity index (χ0) is 22.4. The molecule has 0 atom stereocenters. The van der Waals surface area contributed by atoms with Crippen molar-refractivity contribution in [3.05, 3.63) is 58.9 Å². The number of aryl methyl sites for hydroxylation is 1. The van der Waals surface area contributed by atoms with Crippen molar-refractivity contribution in [2.24, 2.45) is 0 Å². The van der Waals surface area contributed by atoms with Gasteiger partial charge >= 0.3 is 12.1 Å². The van der Waals surface area contributed by atoms with Crippen molar-refractivity contribution >= 4 is 18.0 Å². The second kappa shape index (κ2) is 10.1. The number of carbonyl (C=O) groups excluding carboxylic acids is 3. The maximum atomic E-state index is 12.6. The third-order valence-corrected chi connectivity index (χ3v) is 5.46. The van der Waals surface area contributed by atoms with E-state index >= 15 is 0 Å². The minimum Gasteiger partial charge on any atom is -0.452 e. The molecule has 0 spiro atoms. The molecule has 1 aliphatic rings. The summed E-state index contributed by atoms with van der Waals surface area (Å²) in [6, 6.07) is 11.8. The van der Waals surface area contributed by atoms with Crippen LogP contribution in [0.2, 0.25) is 0 Å². The molecule has 1 saturated heterocycles. The van der Waals surface area contributed by atoms with Gasteiger partial charge in [0.15, 0.2) is 6.61 Å². The molecule has 0 aliphatic carbocycles. The van der Waals surface area contributed by atoms with E-state index in [-0.39, 0.29) is 18.6 Å². The molecule has 3 rings (SSSR count). The second-order valence-electron chi connectivity index (χ2n) is 7.50. The van der Waals surface area contributed by atoms with Crippen molar-refractivity contribution in [3.63, 3.8) is 0 Å². The van der Waals surface area contributed by atoms with Gasteiger partial charge in [0.1, 0.15) is 0 Å². The van der Waals surface area contributed by atoms with Gasteiger partial charge in [-0.3, -0.25) is 4.79 Å². The molecule has 2 aromatic rings. The fourth-order valence-corrected chi connectivity index (χ4v) is 3.67. The number of carbonyl (C=O) groups is 3. The summed E-state index contributed by atoms with van der Waals surface area (Å²) in [5.74, 6) is -0.777. The van der Waals surface area contributed by atoms with E-state index in [1.54, 1.807) is 22.8 Å². The summed E-state index contributed by atoms with van der Waals surface area (Å²) in [5.41, 5.74) is 3.37. The summed E-state index contributed by atoms with van der Waals surface area (Å²) in [4.78, 5) is 40.0. The number of hydrogen-bond acceptors (Lipinski definition) is 5. The minimum absolute atomic E-state index is 0.269. The maximum absolute atomic E-state index is 12.6. The fraction of sp³-hybridized carbons (Fsp3) is 0.435. The summed E-state index contributed by atoms with van der Waals surface area (Å²) in [5, 5.41) is 0. The Morgan fingerprint density at radius 3 is 2.23 bits per heavy atom. The highest BCUT2D eigenvalue weighted by molar-refractivity contribution is 5.92. The summed E-state index contributed by atoms with van der Waals surface area (Å²) in [7, 11) is 0. The normalized spacial score (nSPS) is 13.8. The van der Waals surface area contributed by atoms with Gasteiger partial charge in [0.25, 0.3) is 5.91 Å². The van der Waals surface area contributed by atoms with Gasteiger partial charge in [-0.25, -0.2) is 9.59 Å². The highest BCUT2D eigenvalue weighted by Crippen LogP contribution is 2.18. The number of ether oxygens (including phenoxy) is 2. The number of nitrogens with zero attached hydrogens (tertiary/aromatic N) is 3. The van der Waals surface area contributed by atoms with Crippen molar-refractivity contribution in [2.45, 2.75) is 27.3 Å². The lowest BCUT2D eigenvalue weighted by atomic mass is 10.2. The lowest BCUT2D eigenvalue weighted by Gasteiger charge is -2.33. The molecular weight excluding hydrogens is 398 g/mol. The Balaban J connectivity index is 1.53. The molecule has 1 aromatic heterocycles. The molecule has 0 unspecified atom stereocenters. The number of benzene rings is 1. The number of piperazine rings is 1. The van der Waals surface area contributed by atoms with E-state index in [0.29, 0.717) is 44.9 Å². The van der Waals surface area contributed by atoms with E-state index in [9.17, 15) is 14.4 Å². The average Bonchev–Trinajstić information content (AvgIpc) is 3.06. The fourth-order valence-electron chi connectivity index (χ4n) is 3.67. The molecular formula is C23H29N3O5. The van der Waals surface area contributed by atoms with Gasteiger partial charge in [0.2, 0.25) is 0 Å². The Bertz CT molecular complexity index is 930. The summed E-state index contributed by atoms with van der Waals surface area (Å²) in [6.07, 6.45) is -0.369. The standard InChI is InChI=1S/C23H29N3O5/c1-4-30-23(29)25-12-10-24(11-13-25)21(27)16-31-22(28)20-14-17(2)26(18(20)3)15-19-8-6-5-7-9-19/h5-9,14H,4,10-13,15-16H2,1-3H3. The first kappa shape index (κ1) is 22.4. The van der Waals surface area contributed by atoms with Crippen LogP contribution >= 0.6 is 0 Å². The van der Waals surface area contributed by atoms with Crippen LogP contribution in [0.5, 0.6) is 0 Å². The third kappa shape index (κ3) is 5.45. The smallest absolute Gasteiger partial charge is 0.409 e. The molecule has 1 aliphatic heterocycles. The number of aromatic nitrogens is 1. The van der Waals surface area contributed by atoms with Crippen LogP contribution in [0.25, 0.3) is 0 Å². The van der Waals surface area contributed by atoms with Crippen LogP contribution in [0.3, 0.4) is 0 Å². The zero-order valence-corrected chi connectivity index (χ0v) is 18.3. The lowest BCUT2D eigenvalue weighted by molar-refractivity contribution is -0.136. The molecule has 8 heteroatoms. The Morgan fingerprint density at radius 2 is 1.58 bits per heavy atom. The van der Waals surface area contributed by atoms with Gasteiger partial charge in [0.05, 0.1) is 12.2 Å². The first-order valence-corrected chi connectivity index (χ1v) is 10.5. The van der Waals surface area contributed by atoms with Crippen molar-refractivity contribution in [1.82, 2.24) is 14.4 Å². The van der Waals surface area contributed by atoms with E-state index in [1.165, 1.54) is 0 Å². The highest BCUT2D eigenvalue weighted by Gasteiger charge is 2.26. The van der Waals surface area contributed by atoms with Crippen LogP contribution in [0, 0.1) is 13.8 Å². The number of amides is 2. The first-order chi connectivity index (χ1) is 14.9. The van der Waals surface area contributed by atoms with Crippen LogP contribution in [0.15, 0.2) is 36.4 Å². The zero-order valence-electron chi connectivity index (χ0n) is 18.3. The van der Waals surface area contributed by atoms with Crippen LogP contribution in [0.1, 0.15) is 34.2 Å². The summed E-state index contributed by atoms with van der Waals surface area (Å²) >= 11 is 0. The van der Waals surface area contributed by atoms with Crippen LogP contribution in [-0.2, 0) is 20.8 Å². The molecule has 0 radical (unpaired) electrons. The number of hydrogen-bond donors (Lipinski definition) is 0. The quantitative estimate of drug-likeness (QED) is 0.662. The van der Waals surface area contributed by atoms with E-state index in [0.717, 1.165) is 17.0 Å². The molecule has 1 fully saturated rings. The van der Waals surface area contributed by atoms with Crippen molar-refractivity contribution in [3.8, 4) is 0 Å². The van der Waals surface area contributed by atoms with Crippen LogP contribution < -0.4 is 0 Å². The highest BCUT2D eigenvalue weighted by atomic mass is 16.6. The van der Waals surface area contributed by atoms with Gasteiger partial charge in [-0.2, -0.15) is 0 Å². The molecule has 0 N–H and O–H groups in total. The molecule has 1 aromatic carbocycles. The summed E-state index contributed by atoms with van der Waals surface area (Å²) in [6.45, 7) is 7.82. The van der Waals surface area contributed by atoms with E-state index in [1.807, 2.05) is 44.2 Å².